The van der Waals surface area contributed by atoms with Gasteiger partial charge in [-0.1, -0.05) is 62.4 Å². The summed E-state index contributed by atoms with van der Waals surface area (Å²) < 4.78 is 33.6. The van der Waals surface area contributed by atoms with E-state index in [2.05, 4.69) is 5.32 Å². The number of sulfonamides is 1. The third-order valence-corrected chi connectivity index (χ3v) is 8.75. The molecule has 2 amide bonds. The molecule has 3 aromatic rings. The number of hydrogen-bond acceptors (Lipinski definition) is 8. The van der Waals surface area contributed by atoms with E-state index in [0.717, 1.165) is 34.1 Å². The van der Waals surface area contributed by atoms with E-state index in [4.69, 9.17) is 4.74 Å². The van der Waals surface area contributed by atoms with Crippen molar-refractivity contribution in [3.8, 4) is 0 Å². The van der Waals surface area contributed by atoms with Gasteiger partial charge in [-0.15, -0.1) is 0 Å². The zero-order chi connectivity index (χ0) is 31.1. The monoisotopic (exact) mass is 610 g/mol. The SMILES string of the molecule is CC(C)CN(C[C@@H](O)[C@H](Cc1ccccc1)NC(=O)[C@H]1CN(c2ccccc2)C(=O)O1)S(=O)(=O)c1ccc([N+](=O)[O-])cc1. The average molecular weight is 611 g/mol. The molecule has 12 nitrogen and oxygen atoms in total. The number of nitrogens with zero attached hydrogens (tertiary/aromatic N) is 3. The van der Waals surface area contributed by atoms with Gasteiger partial charge < -0.3 is 15.2 Å². The molecule has 0 saturated carbocycles. The van der Waals surface area contributed by atoms with Gasteiger partial charge in [-0.3, -0.25) is 19.8 Å². The number of carbonyl (C=O) groups excluding carboxylic acids is 2. The second kappa shape index (κ2) is 13.8. The number of non-ortho nitro benzene ring substituents is 1. The highest BCUT2D eigenvalue weighted by Crippen LogP contribution is 2.23. The molecule has 0 aromatic heterocycles. The zero-order valence-corrected chi connectivity index (χ0v) is 24.6. The molecule has 3 atom stereocenters. The molecule has 1 aliphatic rings. The summed E-state index contributed by atoms with van der Waals surface area (Å²) in [6.07, 6.45) is -3.01. The second-order valence-electron chi connectivity index (χ2n) is 10.7. The third kappa shape index (κ3) is 7.95. The lowest BCUT2D eigenvalue weighted by Crippen LogP contribution is -2.53. The van der Waals surface area contributed by atoms with Gasteiger partial charge in [0, 0.05) is 30.9 Å². The van der Waals surface area contributed by atoms with E-state index >= 15 is 0 Å². The highest BCUT2D eigenvalue weighted by atomic mass is 32.2. The Morgan fingerprint density at radius 3 is 2.23 bits per heavy atom. The summed E-state index contributed by atoms with van der Waals surface area (Å²) >= 11 is 0. The van der Waals surface area contributed by atoms with Crippen LogP contribution >= 0.6 is 0 Å². The highest BCUT2D eigenvalue weighted by molar-refractivity contribution is 7.89. The normalized spacial score (nSPS) is 16.6. The average Bonchev–Trinajstić information content (AvgIpc) is 3.38. The van der Waals surface area contributed by atoms with E-state index < -0.39 is 45.2 Å². The minimum absolute atomic E-state index is 0.0309. The Labute approximate surface area is 250 Å². The minimum Gasteiger partial charge on any atom is -0.434 e. The van der Waals surface area contributed by atoms with E-state index in [1.54, 1.807) is 42.5 Å². The summed E-state index contributed by atoms with van der Waals surface area (Å²) in [5, 5.41) is 25.3. The van der Waals surface area contributed by atoms with Crippen LogP contribution in [0.1, 0.15) is 19.4 Å². The van der Waals surface area contributed by atoms with Crippen molar-refractivity contribution in [2.45, 2.75) is 43.4 Å². The molecule has 0 radical (unpaired) electrons. The molecule has 0 bridgehead atoms. The number of carbonyl (C=O) groups is 2. The predicted molar refractivity (Wildman–Crippen MR) is 159 cm³/mol. The van der Waals surface area contributed by atoms with Crippen LogP contribution in [0.4, 0.5) is 16.2 Å². The maximum absolute atomic E-state index is 13.6. The third-order valence-electron chi connectivity index (χ3n) is 6.91. The van der Waals surface area contributed by atoms with Crippen LogP contribution in [-0.2, 0) is 26.0 Å². The smallest absolute Gasteiger partial charge is 0.415 e. The maximum atomic E-state index is 13.6. The molecule has 0 aliphatic carbocycles. The quantitative estimate of drug-likeness (QED) is 0.220. The Hall–Kier alpha value is -4.33. The largest absolute Gasteiger partial charge is 0.434 e. The van der Waals surface area contributed by atoms with Gasteiger partial charge in [-0.05, 0) is 42.2 Å². The van der Waals surface area contributed by atoms with E-state index in [0.29, 0.717) is 5.69 Å². The van der Waals surface area contributed by atoms with Gasteiger partial charge in [0.25, 0.3) is 11.6 Å². The lowest BCUT2D eigenvalue weighted by molar-refractivity contribution is -0.384. The molecule has 43 heavy (non-hydrogen) atoms. The standard InChI is InChI=1S/C30H34N4O8S/c1-21(2)18-32(43(40,41)25-15-13-24(14-16-25)34(38)39)19-27(35)26(17-22-9-5-3-6-10-22)31-29(36)28-20-33(30(37)42-28)23-11-7-4-8-12-23/h3-16,21,26-28,35H,17-20H2,1-2H3,(H,31,36)/t26-,27+,28+/m0/s1. The Balaban J connectivity index is 1.55. The van der Waals surface area contributed by atoms with Crippen LogP contribution in [0.3, 0.4) is 0 Å². The molecule has 228 valence electrons. The van der Waals surface area contributed by atoms with Gasteiger partial charge in [-0.25, -0.2) is 13.2 Å². The number of benzene rings is 3. The number of anilines is 1. The van der Waals surface area contributed by atoms with Crippen molar-refractivity contribution >= 4 is 33.4 Å². The fraction of sp³-hybridized carbons (Fsp3) is 0.333. The van der Waals surface area contributed by atoms with Crippen LogP contribution in [-0.4, -0.2) is 72.6 Å². The van der Waals surface area contributed by atoms with Crippen LogP contribution < -0.4 is 10.2 Å². The summed E-state index contributed by atoms with van der Waals surface area (Å²) in [5.74, 6) is -0.746. The lowest BCUT2D eigenvalue weighted by atomic mass is 10.0. The number of cyclic esters (lactones) is 1. The minimum atomic E-state index is -4.17. The van der Waals surface area contributed by atoms with Gasteiger partial charge in [0.05, 0.1) is 28.5 Å². The zero-order valence-electron chi connectivity index (χ0n) is 23.8. The lowest BCUT2D eigenvalue weighted by Gasteiger charge is -2.31. The van der Waals surface area contributed by atoms with Gasteiger partial charge in [-0.2, -0.15) is 4.31 Å². The Morgan fingerprint density at radius 1 is 1.05 bits per heavy atom. The van der Waals surface area contributed by atoms with Crippen molar-refractivity contribution in [1.82, 2.24) is 9.62 Å². The molecule has 1 heterocycles. The van der Waals surface area contributed by atoms with E-state index in [1.165, 1.54) is 4.90 Å². The topological polar surface area (TPSA) is 159 Å². The molecule has 2 N–H and O–H groups in total. The van der Waals surface area contributed by atoms with Crippen molar-refractivity contribution in [2.24, 2.45) is 5.92 Å². The Bertz CT molecular complexity index is 1520. The molecule has 1 fully saturated rings. The van der Waals surface area contributed by atoms with E-state index in [1.807, 2.05) is 32.0 Å². The molecular formula is C30H34N4O8S. The molecule has 1 saturated heterocycles. The number of hydrogen-bond donors (Lipinski definition) is 2. The van der Waals surface area contributed by atoms with Gasteiger partial charge in [0.2, 0.25) is 10.0 Å². The number of amides is 2. The molecule has 0 unspecified atom stereocenters. The first kappa shape index (κ1) is 31.6. The van der Waals surface area contributed by atoms with Gasteiger partial charge in [0.15, 0.2) is 6.10 Å². The molecule has 1 aliphatic heterocycles. The first-order chi connectivity index (χ1) is 20.5. The van der Waals surface area contributed by atoms with Crippen molar-refractivity contribution in [2.75, 3.05) is 24.5 Å². The number of nitro benzene ring substituents is 1. The van der Waals surface area contributed by atoms with Crippen LogP contribution in [0.5, 0.6) is 0 Å². The van der Waals surface area contributed by atoms with Crippen LogP contribution in [0.15, 0.2) is 89.8 Å². The summed E-state index contributed by atoms with van der Waals surface area (Å²) in [5.41, 5.74) is 1.11. The first-order valence-electron chi connectivity index (χ1n) is 13.8. The summed E-state index contributed by atoms with van der Waals surface area (Å²) in [4.78, 5) is 37.5. The van der Waals surface area contributed by atoms with Crippen molar-refractivity contribution in [3.63, 3.8) is 0 Å². The number of nitrogens with one attached hydrogen (secondary N) is 1. The summed E-state index contributed by atoms with van der Waals surface area (Å²) in [6.45, 7) is 3.29. The fourth-order valence-corrected chi connectivity index (χ4v) is 6.37. The summed E-state index contributed by atoms with van der Waals surface area (Å²) in [6, 6.07) is 21.4. The number of aliphatic hydroxyl groups excluding tert-OH is 1. The highest BCUT2D eigenvalue weighted by Gasteiger charge is 2.39. The molecule has 4 rings (SSSR count). The maximum Gasteiger partial charge on any atom is 0.415 e. The Morgan fingerprint density at radius 2 is 1.65 bits per heavy atom. The molecule has 13 heteroatoms. The predicted octanol–water partition coefficient (Wildman–Crippen LogP) is 3.36. The van der Waals surface area contributed by atoms with Crippen molar-refractivity contribution in [1.29, 1.82) is 0 Å². The number of rotatable bonds is 13. The van der Waals surface area contributed by atoms with Crippen LogP contribution in [0.25, 0.3) is 0 Å². The number of aliphatic hydroxyl groups is 1. The second-order valence-corrected chi connectivity index (χ2v) is 12.6. The Kier molecular flexibility index (Phi) is 10.1. The van der Waals surface area contributed by atoms with Crippen molar-refractivity contribution < 1.29 is 32.8 Å². The van der Waals surface area contributed by atoms with E-state index in [9.17, 15) is 33.2 Å². The number of para-hydroxylation sites is 1. The van der Waals surface area contributed by atoms with E-state index in [-0.39, 0.29) is 42.6 Å². The summed E-state index contributed by atoms with van der Waals surface area (Å²) in [7, 11) is -4.17. The van der Waals surface area contributed by atoms with Crippen LogP contribution in [0, 0.1) is 16.0 Å². The molecule has 0 spiro atoms. The van der Waals surface area contributed by atoms with Crippen LogP contribution in [0.2, 0.25) is 0 Å². The first-order valence-corrected chi connectivity index (χ1v) is 15.2. The fourth-order valence-electron chi connectivity index (χ4n) is 4.75. The van der Waals surface area contributed by atoms with Gasteiger partial charge >= 0.3 is 6.09 Å². The molecular weight excluding hydrogens is 576 g/mol. The number of ether oxygens (including phenoxy) is 1. The molecule has 3 aromatic carbocycles. The number of nitro groups is 1. The van der Waals surface area contributed by atoms with Gasteiger partial charge in [0.1, 0.15) is 0 Å². The van der Waals surface area contributed by atoms with Crippen molar-refractivity contribution in [3.05, 3.63) is 101 Å².